The molecule has 5 heteroatoms. The van der Waals surface area contributed by atoms with Crippen LogP contribution in [-0.2, 0) is 6.42 Å². The Labute approximate surface area is 150 Å². The molecule has 1 aliphatic rings. The SMILES string of the molecule is CCc1ccc(C2C(C#N)=C(N)Oc3c2c(=O)[nH]c2ccccc32)cc1. The first-order chi connectivity index (χ1) is 12.6. The fraction of sp³-hybridized carbons (Fsp3) is 0.143. The van der Waals surface area contributed by atoms with Crippen molar-refractivity contribution >= 4 is 10.9 Å². The van der Waals surface area contributed by atoms with Crippen LogP contribution < -0.4 is 16.0 Å². The normalized spacial score (nSPS) is 16.1. The highest BCUT2D eigenvalue weighted by molar-refractivity contribution is 5.87. The number of nitrogens with zero attached hydrogens (tertiary/aromatic N) is 1. The van der Waals surface area contributed by atoms with E-state index in [1.807, 2.05) is 48.5 Å². The Bertz CT molecular complexity index is 1130. The Hall–Kier alpha value is -3.52. The van der Waals surface area contributed by atoms with Crippen LogP contribution in [0, 0.1) is 11.3 Å². The van der Waals surface area contributed by atoms with Crippen LogP contribution in [0.4, 0.5) is 0 Å². The van der Waals surface area contributed by atoms with Crippen LogP contribution in [-0.4, -0.2) is 4.98 Å². The quantitative estimate of drug-likeness (QED) is 0.747. The smallest absolute Gasteiger partial charge is 0.256 e. The number of aryl methyl sites for hydroxylation is 1. The predicted molar refractivity (Wildman–Crippen MR) is 99.7 cm³/mol. The standard InChI is InChI=1S/C21H17N3O2/c1-2-12-7-9-13(10-8-12)17-15(11-22)20(23)26-19-14-5-3-4-6-16(14)24-21(25)18(17)19/h3-10,17H,2,23H2,1H3,(H,24,25). The summed E-state index contributed by atoms with van der Waals surface area (Å²) in [5.41, 5.74) is 9.14. The molecule has 1 aromatic heterocycles. The van der Waals surface area contributed by atoms with Gasteiger partial charge in [0, 0.05) is 5.39 Å². The molecular weight excluding hydrogens is 326 g/mol. The van der Waals surface area contributed by atoms with Gasteiger partial charge in [-0.3, -0.25) is 4.79 Å². The molecular formula is C21H17N3O2. The van der Waals surface area contributed by atoms with Crippen molar-refractivity contribution in [1.82, 2.24) is 4.98 Å². The average molecular weight is 343 g/mol. The van der Waals surface area contributed by atoms with Gasteiger partial charge < -0.3 is 15.5 Å². The van der Waals surface area contributed by atoms with Crippen molar-refractivity contribution in [1.29, 1.82) is 5.26 Å². The van der Waals surface area contributed by atoms with Crippen molar-refractivity contribution in [2.75, 3.05) is 0 Å². The molecule has 0 radical (unpaired) electrons. The van der Waals surface area contributed by atoms with Gasteiger partial charge in [0.15, 0.2) is 0 Å². The van der Waals surface area contributed by atoms with Gasteiger partial charge in [-0.2, -0.15) is 5.26 Å². The molecule has 3 N–H and O–H groups in total. The van der Waals surface area contributed by atoms with Crippen LogP contribution in [0.3, 0.4) is 0 Å². The molecule has 0 saturated heterocycles. The van der Waals surface area contributed by atoms with E-state index in [2.05, 4.69) is 18.0 Å². The molecule has 128 valence electrons. The van der Waals surface area contributed by atoms with Crippen molar-refractivity contribution < 1.29 is 4.74 Å². The first kappa shape index (κ1) is 16.0. The fourth-order valence-electron chi connectivity index (χ4n) is 3.45. The zero-order valence-corrected chi connectivity index (χ0v) is 14.2. The van der Waals surface area contributed by atoms with Crippen molar-refractivity contribution in [3.8, 4) is 11.8 Å². The molecule has 2 heterocycles. The zero-order chi connectivity index (χ0) is 18.3. The van der Waals surface area contributed by atoms with Crippen LogP contribution in [0.15, 0.2) is 64.8 Å². The minimum atomic E-state index is -0.553. The molecule has 2 aromatic carbocycles. The lowest BCUT2D eigenvalue weighted by atomic mass is 9.83. The minimum absolute atomic E-state index is 0.0420. The van der Waals surface area contributed by atoms with E-state index in [4.69, 9.17) is 10.5 Å². The number of hydrogen-bond donors (Lipinski definition) is 2. The summed E-state index contributed by atoms with van der Waals surface area (Å²) in [4.78, 5) is 15.7. The molecule has 0 aliphatic carbocycles. The van der Waals surface area contributed by atoms with E-state index < -0.39 is 5.92 Å². The molecule has 0 saturated carbocycles. The van der Waals surface area contributed by atoms with Crippen molar-refractivity contribution in [2.24, 2.45) is 5.73 Å². The van der Waals surface area contributed by atoms with Crippen LogP contribution in [0.25, 0.3) is 10.9 Å². The third-order valence-electron chi connectivity index (χ3n) is 4.81. The number of H-pyrrole nitrogens is 1. The molecule has 0 bridgehead atoms. The summed E-state index contributed by atoms with van der Waals surface area (Å²) in [7, 11) is 0. The number of nitrogens with one attached hydrogen (secondary N) is 1. The topological polar surface area (TPSA) is 91.9 Å². The lowest BCUT2D eigenvalue weighted by Crippen LogP contribution is -2.27. The number of para-hydroxylation sites is 1. The summed E-state index contributed by atoms with van der Waals surface area (Å²) >= 11 is 0. The molecule has 3 aromatic rings. The molecule has 1 unspecified atom stereocenters. The molecule has 26 heavy (non-hydrogen) atoms. The third-order valence-corrected chi connectivity index (χ3v) is 4.81. The summed E-state index contributed by atoms with van der Waals surface area (Å²) in [5.74, 6) is -0.0891. The maximum absolute atomic E-state index is 12.8. The minimum Gasteiger partial charge on any atom is -0.439 e. The maximum atomic E-state index is 12.8. The largest absolute Gasteiger partial charge is 0.439 e. The number of pyridine rings is 1. The zero-order valence-electron chi connectivity index (χ0n) is 14.2. The summed E-state index contributed by atoms with van der Waals surface area (Å²) in [6.07, 6.45) is 0.916. The molecule has 1 atom stereocenters. The van der Waals surface area contributed by atoms with Crippen LogP contribution in [0.5, 0.6) is 5.75 Å². The molecule has 5 nitrogen and oxygen atoms in total. The van der Waals surface area contributed by atoms with E-state index in [0.717, 1.165) is 17.4 Å². The monoisotopic (exact) mass is 343 g/mol. The van der Waals surface area contributed by atoms with Crippen molar-refractivity contribution in [2.45, 2.75) is 19.3 Å². The molecule has 0 fully saturated rings. The third kappa shape index (κ3) is 2.35. The number of aromatic nitrogens is 1. The lowest BCUT2D eigenvalue weighted by molar-refractivity contribution is 0.397. The fourth-order valence-corrected chi connectivity index (χ4v) is 3.45. The second-order valence-corrected chi connectivity index (χ2v) is 6.26. The Kier molecular flexibility index (Phi) is 3.74. The summed E-state index contributed by atoms with van der Waals surface area (Å²) in [5, 5.41) is 10.4. The number of ether oxygens (including phenoxy) is 1. The number of rotatable bonds is 2. The summed E-state index contributed by atoms with van der Waals surface area (Å²) in [6, 6.07) is 17.4. The van der Waals surface area contributed by atoms with Crippen LogP contribution >= 0.6 is 0 Å². The average Bonchev–Trinajstić information content (AvgIpc) is 2.67. The van der Waals surface area contributed by atoms with Gasteiger partial charge in [0.1, 0.15) is 17.4 Å². The number of nitrogens with two attached hydrogens (primary N) is 1. The first-order valence-electron chi connectivity index (χ1n) is 8.45. The van der Waals surface area contributed by atoms with E-state index in [-0.39, 0.29) is 17.0 Å². The number of hydrogen-bond acceptors (Lipinski definition) is 4. The van der Waals surface area contributed by atoms with Gasteiger partial charge >= 0.3 is 0 Å². The van der Waals surface area contributed by atoms with Crippen LogP contribution in [0.1, 0.15) is 29.5 Å². The maximum Gasteiger partial charge on any atom is 0.256 e. The molecule has 4 rings (SSSR count). The highest BCUT2D eigenvalue weighted by Crippen LogP contribution is 2.42. The number of aromatic amines is 1. The molecule has 1 aliphatic heterocycles. The Morgan fingerprint density at radius 2 is 1.92 bits per heavy atom. The summed E-state index contributed by atoms with van der Waals surface area (Å²) < 4.78 is 5.74. The number of nitriles is 1. The van der Waals surface area contributed by atoms with Gasteiger partial charge in [-0.25, -0.2) is 0 Å². The van der Waals surface area contributed by atoms with Gasteiger partial charge in [0.25, 0.3) is 5.56 Å². The van der Waals surface area contributed by atoms with E-state index in [1.54, 1.807) is 0 Å². The second kappa shape index (κ2) is 6.08. The number of fused-ring (bicyclic) bond motifs is 3. The van der Waals surface area contributed by atoms with Gasteiger partial charge in [0.05, 0.1) is 17.0 Å². The van der Waals surface area contributed by atoms with Crippen LogP contribution in [0.2, 0.25) is 0 Å². The van der Waals surface area contributed by atoms with E-state index in [0.29, 0.717) is 16.8 Å². The van der Waals surface area contributed by atoms with E-state index >= 15 is 0 Å². The van der Waals surface area contributed by atoms with E-state index in [1.165, 1.54) is 5.56 Å². The molecule has 0 amide bonds. The van der Waals surface area contributed by atoms with Crippen molar-refractivity contribution in [3.63, 3.8) is 0 Å². The number of allylic oxidation sites excluding steroid dienone is 1. The van der Waals surface area contributed by atoms with Gasteiger partial charge in [-0.05, 0) is 29.7 Å². The first-order valence-corrected chi connectivity index (χ1v) is 8.45. The molecule has 0 spiro atoms. The van der Waals surface area contributed by atoms with Gasteiger partial charge in [-0.15, -0.1) is 0 Å². The van der Waals surface area contributed by atoms with Crippen molar-refractivity contribution in [3.05, 3.63) is 87.0 Å². The summed E-state index contributed by atoms with van der Waals surface area (Å²) in [6.45, 7) is 2.08. The number of benzene rings is 2. The Morgan fingerprint density at radius 3 is 2.62 bits per heavy atom. The second-order valence-electron chi connectivity index (χ2n) is 6.26. The predicted octanol–water partition coefficient (Wildman–Crippen LogP) is 3.31. The van der Waals surface area contributed by atoms with Gasteiger partial charge in [0.2, 0.25) is 5.88 Å². The lowest BCUT2D eigenvalue weighted by Gasteiger charge is -2.26. The highest BCUT2D eigenvalue weighted by Gasteiger charge is 2.34. The highest BCUT2D eigenvalue weighted by atomic mass is 16.5. The van der Waals surface area contributed by atoms with Gasteiger partial charge in [-0.1, -0.05) is 43.3 Å². The van der Waals surface area contributed by atoms with E-state index in [9.17, 15) is 10.1 Å². The Morgan fingerprint density at radius 1 is 1.19 bits per heavy atom. The Balaban J connectivity index is 2.03.